The summed E-state index contributed by atoms with van der Waals surface area (Å²) in [5.74, 6) is 2.20. The third kappa shape index (κ3) is 6.51. The molecule has 1 heterocycles. The highest BCUT2D eigenvalue weighted by molar-refractivity contribution is 7.95. The van der Waals surface area contributed by atoms with Crippen LogP contribution in [0.2, 0.25) is 0 Å². The number of carbonyl (C=O) groups excluding carboxylic acids is 2. The normalized spacial score (nSPS) is 12.8. The molecule has 4 aromatic carbocycles. The van der Waals surface area contributed by atoms with Crippen LogP contribution >= 0.6 is 7.26 Å². The van der Waals surface area contributed by atoms with Gasteiger partial charge in [0.2, 0.25) is 0 Å². The van der Waals surface area contributed by atoms with Gasteiger partial charge in [0.1, 0.15) is 40.4 Å². The summed E-state index contributed by atoms with van der Waals surface area (Å²) >= 11 is 0. The van der Waals surface area contributed by atoms with Crippen LogP contribution in [0.1, 0.15) is 59.2 Å². The highest BCUT2D eigenvalue weighted by Crippen LogP contribution is 2.56. The lowest BCUT2D eigenvalue weighted by atomic mass is 10.1. The van der Waals surface area contributed by atoms with Gasteiger partial charge in [-0.05, 0) is 104 Å². The van der Waals surface area contributed by atoms with E-state index in [2.05, 4.69) is 72.8 Å². The van der Waals surface area contributed by atoms with Gasteiger partial charge in [0.05, 0.1) is 38.6 Å². The second-order valence-corrected chi connectivity index (χ2v) is 14.7. The summed E-state index contributed by atoms with van der Waals surface area (Å²) in [5.41, 5.74) is 1.05. The zero-order valence-corrected chi connectivity index (χ0v) is 26.7. The zero-order valence-electron chi connectivity index (χ0n) is 25.8. The minimum Gasteiger partial charge on any atom is -0.497 e. The van der Waals surface area contributed by atoms with Gasteiger partial charge < -0.3 is 14.2 Å². The number of nitrogens with zero attached hydrogens (tertiary/aromatic N) is 1. The number of fused-ring (bicyclic) bond motifs is 1. The predicted molar refractivity (Wildman–Crippen MR) is 179 cm³/mol. The molecule has 1 aliphatic rings. The summed E-state index contributed by atoms with van der Waals surface area (Å²) in [6.07, 6.45) is 7.22. The molecule has 0 aliphatic carbocycles. The Morgan fingerprint density at radius 1 is 0.500 bits per heavy atom. The summed E-state index contributed by atoms with van der Waals surface area (Å²) in [6.45, 7) is 0.480. The van der Waals surface area contributed by atoms with E-state index in [-0.39, 0.29) is 11.8 Å². The Morgan fingerprint density at radius 3 is 1.25 bits per heavy atom. The number of hydrogen-bond acceptors (Lipinski definition) is 5. The van der Waals surface area contributed by atoms with Crippen LogP contribution < -0.4 is 30.1 Å². The molecule has 0 atom stereocenters. The average Bonchev–Trinajstić information content (AvgIpc) is 3.33. The Balaban J connectivity index is 1.27. The highest BCUT2D eigenvalue weighted by atomic mass is 31.2. The minimum absolute atomic E-state index is 0.165. The van der Waals surface area contributed by atoms with Gasteiger partial charge in [-0.25, -0.2) is 0 Å². The van der Waals surface area contributed by atoms with Crippen LogP contribution in [0.25, 0.3) is 0 Å². The molecule has 6 nitrogen and oxygen atoms in total. The molecule has 1 aliphatic heterocycles. The van der Waals surface area contributed by atoms with Gasteiger partial charge >= 0.3 is 0 Å². The van der Waals surface area contributed by atoms with E-state index < -0.39 is 7.26 Å². The number of carbonyl (C=O) groups is 2. The smallest absolute Gasteiger partial charge is 0.261 e. The van der Waals surface area contributed by atoms with Gasteiger partial charge in [0.25, 0.3) is 11.8 Å². The van der Waals surface area contributed by atoms with Crippen molar-refractivity contribution in [1.29, 1.82) is 0 Å². The first-order chi connectivity index (χ1) is 21.5. The molecule has 4 aromatic rings. The summed E-state index contributed by atoms with van der Waals surface area (Å²) in [4.78, 5) is 26.7. The maximum Gasteiger partial charge on any atom is 0.261 e. The van der Waals surface area contributed by atoms with Crippen molar-refractivity contribution in [3.8, 4) is 17.2 Å². The van der Waals surface area contributed by atoms with Gasteiger partial charge in [-0.3, -0.25) is 14.5 Å². The monoisotopic (exact) mass is 610 g/mol. The van der Waals surface area contributed by atoms with Crippen LogP contribution in [0.4, 0.5) is 0 Å². The van der Waals surface area contributed by atoms with Crippen LogP contribution in [0.15, 0.2) is 97.1 Å². The quantitative estimate of drug-likeness (QED) is 0.0858. The second-order valence-electron chi connectivity index (χ2n) is 11.1. The van der Waals surface area contributed by atoms with Crippen molar-refractivity contribution in [3.63, 3.8) is 0 Å². The van der Waals surface area contributed by atoms with Crippen molar-refractivity contribution in [2.45, 2.75) is 38.5 Å². The Morgan fingerprint density at radius 2 is 0.864 bits per heavy atom. The SMILES string of the molecule is COc1ccc([P+](CCCCCCCCN2C(=O)c3ccccc3C2=O)(c2ccc(OC)cc2)c2ccc(OC)cc2)cc1. The van der Waals surface area contributed by atoms with Crippen LogP contribution in [0, 0.1) is 0 Å². The van der Waals surface area contributed by atoms with Crippen molar-refractivity contribution < 1.29 is 23.8 Å². The molecule has 44 heavy (non-hydrogen) atoms. The first kappa shape index (κ1) is 31.3. The molecule has 0 aromatic heterocycles. The average molecular weight is 611 g/mol. The molecule has 0 radical (unpaired) electrons. The molecular weight excluding hydrogens is 569 g/mol. The van der Waals surface area contributed by atoms with Crippen molar-refractivity contribution in [2.24, 2.45) is 0 Å². The lowest BCUT2D eigenvalue weighted by molar-refractivity contribution is 0.0651. The number of hydrogen-bond donors (Lipinski definition) is 0. The Hall–Kier alpha value is -4.15. The molecular formula is C37H41NO5P+. The topological polar surface area (TPSA) is 65.1 Å². The van der Waals surface area contributed by atoms with Crippen molar-refractivity contribution >= 4 is 35.0 Å². The second kappa shape index (κ2) is 14.5. The molecule has 5 rings (SSSR count). The molecule has 0 N–H and O–H groups in total. The number of imide groups is 1. The summed E-state index contributed by atoms with van der Waals surface area (Å²) in [7, 11) is 3.08. The van der Waals surface area contributed by atoms with Gasteiger partial charge in [-0.15, -0.1) is 0 Å². The first-order valence-corrected chi connectivity index (χ1v) is 17.3. The number of amides is 2. The van der Waals surface area contributed by atoms with Crippen molar-refractivity contribution in [2.75, 3.05) is 34.0 Å². The van der Waals surface area contributed by atoms with Crippen LogP contribution in [0.5, 0.6) is 17.2 Å². The van der Waals surface area contributed by atoms with Crippen LogP contribution in [-0.2, 0) is 0 Å². The van der Waals surface area contributed by atoms with E-state index in [4.69, 9.17) is 14.2 Å². The number of benzene rings is 4. The summed E-state index contributed by atoms with van der Waals surface area (Å²) in [6, 6.07) is 32.8. The van der Waals surface area contributed by atoms with E-state index in [0.717, 1.165) is 61.9 Å². The number of unbranched alkanes of at least 4 members (excludes halogenated alkanes) is 5. The van der Waals surface area contributed by atoms with E-state index in [1.165, 1.54) is 20.8 Å². The lowest BCUT2D eigenvalue weighted by Crippen LogP contribution is -2.33. The van der Waals surface area contributed by atoms with Gasteiger partial charge in [0, 0.05) is 6.54 Å². The van der Waals surface area contributed by atoms with E-state index >= 15 is 0 Å². The van der Waals surface area contributed by atoms with Gasteiger partial charge in [-0.1, -0.05) is 31.4 Å². The number of rotatable bonds is 15. The molecule has 0 fully saturated rings. The molecule has 0 bridgehead atoms. The maximum atomic E-state index is 12.7. The lowest BCUT2D eigenvalue weighted by Gasteiger charge is -2.28. The van der Waals surface area contributed by atoms with Crippen LogP contribution in [0.3, 0.4) is 0 Å². The standard InChI is InChI=1S/C37H41NO5P/c1-41-28-14-20-31(21-15-28)44(32-22-16-29(42-2)17-23-32,33-24-18-30(43-3)19-25-33)27-11-7-5-4-6-10-26-38-36(39)34-12-8-9-13-35(34)37(38)40/h8-9,12-25H,4-7,10-11,26-27H2,1-3H3/q+1. The summed E-state index contributed by atoms with van der Waals surface area (Å²) in [5, 5.41) is 3.94. The number of methoxy groups -OCH3 is 3. The molecule has 2 amide bonds. The molecule has 0 saturated carbocycles. The largest absolute Gasteiger partial charge is 0.497 e. The number of ether oxygens (including phenoxy) is 3. The third-order valence-corrected chi connectivity index (χ3v) is 13.1. The Bertz CT molecular complexity index is 1400. The molecule has 0 saturated heterocycles. The first-order valence-electron chi connectivity index (χ1n) is 15.3. The van der Waals surface area contributed by atoms with Gasteiger partial charge in [-0.2, -0.15) is 0 Å². The molecule has 7 heteroatoms. The van der Waals surface area contributed by atoms with E-state index in [1.807, 2.05) is 12.1 Å². The van der Waals surface area contributed by atoms with Crippen molar-refractivity contribution in [1.82, 2.24) is 4.90 Å². The van der Waals surface area contributed by atoms with Crippen molar-refractivity contribution in [3.05, 3.63) is 108 Å². The zero-order chi connectivity index (χ0) is 30.9. The minimum atomic E-state index is -2.01. The molecule has 228 valence electrons. The highest BCUT2D eigenvalue weighted by Gasteiger charge is 2.45. The van der Waals surface area contributed by atoms with E-state index in [0.29, 0.717) is 17.7 Å². The fourth-order valence-corrected chi connectivity index (χ4v) is 10.5. The molecule has 0 unspecified atom stereocenters. The maximum absolute atomic E-state index is 12.7. The Kier molecular flexibility index (Phi) is 10.3. The summed E-state index contributed by atoms with van der Waals surface area (Å²) < 4.78 is 16.5. The van der Waals surface area contributed by atoms with Gasteiger partial charge in [0.15, 0.2) is 0 Å². The third-order valence-electron chi connectivity index (χ3n) is 8.54. The van der Waals surface area contributed by atoms with Crippen LogP contribution in [-0.4, -0.2) is 50.8 Å². The fourth-order valence-electron chi connectivity index (χ4n) is 6.11. The Labute approximate surface area is 261 Å². The molecule has 0 spiro atoms. The predicted octanol–water partition coefficient (Wildman–Crippen LogP) is 6.64. The van der Waals surface area contributed by atoms with E-state index in [9.17, 15) is 9.59 Å². The fraction of sp³-hybridized carbons (Fsp3) is 0.297. The van der Waals surface area contributed by atoms with E-state index in [1.54, 1.807) is 33.5 Å².